The Bertz CT molecular complexity index is 514. The molecule has 1 saturated heterocycles. The van der Waals surface area contributed by atoms with E-state index in [0.717, 1.165) is 25.9 Å². The lowest BCUT2D eigenvalue weighted by Gasteiger charge is -2.32. The Labute approximate surface area is 138 Å². The number of likely N-dealkylation sites (tertiary alicyclic amines) is 1. The molecule has 0 radical (unpaired) electrons. The van der Waals surface area contributed by atoms with Crippen LogP contribution in [0, 0.1) is 11.7 Å². The third-order valence-corrected chi connectivity index (χ3v) is 4.43. The van der Waals surface area contributed by atoms with Gasteiger partial charge in [-0.2, -0.15) is 0 Å². The average molecular weight is 349 g/mol. The number of nitrogens with zero attached hydrogens (tertiary/aromatic N) is 1. The van der Waals surface area contributed by atoms with E-state index in [1.807, 2.05) is 0 Å². The van der Waals surface area contributed by atoms with Gasteiger partial charge in [0, 0.05) is 23.6 Å². The van der Waals surface area contributed by atoms with Crippen molar-refractivity contribution in [2.75, 3.05) is 19.6 Å². The smallest absolute Gasteiger partial charge is 0.255 e. The quantitative estimate of drug-likeness (QED) is 0.854. The molecular weight excluding hydrogens is 329 g/mol. The minimum absolute atomic E-state index is 0.181. The Kier molecular flexibility index (Phi) is 6.72. The summed E-state index contributed by atoms with van der Waals surface area (Å²) in [5, 5.41) is 2.64. The molecule has 1 aliphatic rings. The zero-order valence-electron chi connectivity index (χ0n) is 12.7. The van der Waals surface area contributed by atoms with Gasteiger partial charge in [0.2, 0.25) is 5.91 Å². The maximum Gasteiger partial charge on any atom is 0.255 e. The largest absolute Gasteiger partial charge is 0.350 e. The van der Waals surface area contributed by atoms with Crippen LogP contribution in [0.15, 0.2) is 18.2 Å². The van der Waals surface area contributed by atoms with Crippen molar-refractivity contribution in [1.29, 1.82) is 0 Å². The van der Waals surface area contributed by atoms with Crippen LogP contribution in [-0.4, -0.2) is 36.9 Å². The van der Waals surface area contributed by atoms with Crippen molar-refractivity contribution in [2.24, 2.45) is 5.92 Å². The molecule has 0 unspecified atom stereocenters. The molecule has 1 aromatic rings. The van der Waals surface area contributed by atoms with Gasteiger partial charge in [-0.15, -0.1) is 0 Å². The van der Waals surface area contributed by atoms with Crippen LogP contribution in [0.4, 0.5) is 13.2 Å². The van der Waals surface area contributed by atoms with Gasteiger partial charge in [0.15, 0.2) is 0 Å². The van der Waals surface area contributed by atoms with Gasteiger partial charge in [-0.05, 0) is 44.0 Å². The molecule has 0 aromatic heterocycles. The highest BCUT2D eigenvalue weighted by Crippen LogP contribution is 2.25. The van der Waals surface area contributed by atoms with Crippen molar-refractivity contribution in [3.8, 4) is 0 Å². The third-order valence-electron chi connectivity index (χ3n) is 4.08. The number of rotatable bonds is 6. The van der Waals surface area contributed by atoms with E-state index in [1.54, 1.807) is 12.1 Å². The lowest BCUT2D eigenvalue weighted by atomic mass is 9.93. The minimum Gasteiger partial charge on any atom is -0.350 e. The predicted molar refractivity (Wildman–Crippen MR) is 83.0 cm³/mol. The molecule has 2 rings (SSSR count). The molecule has 1 N–H and O–H groups in total. The van der Waals surface area contributed by atoms with Gasteiger partial charge in [0.05, 0.1) is 6.54 Å². The maximum atomic E-state index is 13.8. The predicted octanol–water partition coefficient (Wildman–Crippen LogP) is 3.46. The molecule has 0 bridgehead atoms. The summed E-state index contributed by atoms with van der Waals surface area (Å²) in [6.45, 7) is 1.31. The first-order chi connectivity index (χ1) is 11.0. The van der Waals surface area contributed by atoms with Gasteiger partial charge in [-0.3, -0.25) is 9.69 Å². The van der Waals surface area contributed by atoms with E-state index in [2.05, 4.69) is 10.2 Å². The summed E-state index contributed by atoms with van der Waals surface area (Å²) in [4.78, 5) is 13.6. The number of amides is 1. The van der Waals surface area contributed by atoms with Gasteiger partial charge in [-0.25, -0.2) is 13.2 Å². The van der Waals surface area contributed by atoms with E-state index in [-0.39, 0.29) is 24.1 Å². The second kappa shape index (κ2) is 8.55. The fraction of sp³-hybridized carbons (Fsp3) is 0.562. The number of hydrogen-bond acceptors (Lipinski definition) is 2. The van der Waals surface area contributed by atoms with Gasteiger partial charge < -0.3 is 5.32 Å². The van der Waals surface area contributed by atoms with E-state index < -0.39 is 13.0 Å². The zero-order valence-corrected chi connectivity index (χ0v) is 13.5. The van der Waals surface area contributed by atoms with Crippen LogP contribution in [0.1, 0.15) is 24.8 Å². The van der Waals surface area contributed by atoms with Gasteiger partial charge in [-0.1, -0.05) is 17.7 Å². The number of carbonyl (C=O) groups excluding carboxylic acids is 1. The van der Waals surface area contributed by atoms with E-state index in [0.29, 0.717) is 17.1 Å². The molecule has 1 amide bonds. The second-order valence-electron chi connectivity index (χ2n) is 5.82. The number of hydrogen-bond donors (Lipinski definition) is 1. The van der Waals surface area contributed by atoms with Crippen molar-refractivity contribution in [3.05, 3.63) is 34.6 Å². The SMILES string of the molecule is O=C(CC1CCN(Cc2c(F)cccc2Cl)CC1)NCC(F)F. The van der Waals surface area contributed by atoms with Crippen LogP contribution in [0.5, 0.6) is 0 Å². The van der Waals surface area contributed by atoms with Gasteiger partial charge in [0.1, 0.15) is 5.82 Å². The minimum atomic E-state index is -2.52. The molecule has 0 atom stereocenters. The first-order valence-corrected chi connectivity index (χ1v) is 8.03. The van der Waals surface area contributed by atoms with E-state index >= 15 is 0 Å². The van der Waals surface area contributed by atoms with Crippen molar-refractivity contribution >= 4 is 17.5 Å². The summed E-state index contributed by atoms with van der Waals surface area (Å²) in [5.74, 6) is -0.466. The highest BCUT2D eigenvalue weighted by molar-refractivity contribution is 6.31. The molecule has 128 valence electrons. The molecule has 1 fully saturated rings. The molecule has 7 heteroatoms. The normalized spacial score (nSPS) is 16.7. The Morgan fingerprint density at radius 2 is 2.04 bits per heavy atom. The van der Waals surface area contributed by atoms with Crippen LogP contribution in [0.25, 0.3) is 0 Å². The third kappa shape index (κ3) is 5.70. The Morgan fingerprint density at radius 3 is 2.65 bits per heavy atom. The van der Waals surface area contributed by atoms with Crippen molar-refractivity contribution < 1.29 is 18.0 Å². The summed E-state index contributed by atoms with van der Waals surface area (Å²) < 4.78 is 37.8. The van der Waals surface area contributed by atoms with Crippen molar-refractivity contribution in [2.45, 2.75) is 32.2 Å². The molecule has 23 heavy (non-hydrogen) atoms. The zero-order chi connectivity index (χ0) is 16.8. The summed E-state index contributed by atoms with van der Waals surface area (Å²) in [6, 6.07) is 4.63. The van der Waals surface area contributed by atoms with Crippen molar-refractivity contribution in [3.63, 3.8) is 0 Å². The van der Waals surface area contributed by atoms with Crippen molar-refractivity contribution in [1.82, 2.24) is 10.2 Å². The summed E-state index contributed by atoms with van der Waals surface area (Å²) >= 11 is 6.03. The Morgan fingerprint density at radius 1 is 1.35 bits per heavy atom. The van der Waals surface area contributed by atoms with Gasteiger partial charge >= 0.3 is 0 Å². The van der Waals surface area contributed by atoms with Crippen LogP contribution in [0.2, 0.25) is 5.02 Å². The van der Waals surface area contributed by atoms with Gasteiger partial charge in [0.25, 0.3) is 6.43 Å². The van der Waals surface area contributed by atoms with Crippen LogP contribution in [-0.2, 0) is 11.3 Å². The highest BCUT2D eigenvalue weighted by atomic mass is 35.5. The van der Waals surface area contributed by atoms with Crippen LogP contribution in [0.3, 0.4) is 0 Å². The summed E-state index contributed by atoms with van der Waals surface area (Å²) in [6.07, 6.45) is -0.685. The van der Waals surface area contributed by atoms with E-state index in [1.165, 1.54) is 6.07 Å². The number of piperidine rings is 1. The lowest BCUT2D eigenvalue weighted by molar-refractivity contribution is -0.123. The average Bonchev–Trinajstić information content (AvgIpc) is 2.51. The second-order valence-corrected chi connectivity index (χ2v) is 6.23. The molecule has 0 saturated carbocycles. The number of carbonyl (C=O) groups is 1. The molecule has 1 aromatic carbocycles. The van der Waals surface area contributed by atoms with Crippen LogP contribution < -0.4 is 5.32 Å². The lowest BCUT2D eigenvalue weighted by Crippen LogP contribution is -2.36. The standard InChI is InChI=1S/C16H20ClF3N2O/c17-13-2-1-3-14(18)12(13)10-22-6-4-11(5-7-22)8-16(23)21-9-15(19)20/h1-3,11,15H,4-10H2,(H,21,23). The number of nitrogens with one attached hydrogen (secondary N) is 1. The first kappa shape index (κ1) is 18.1. The summed E-state index contributed by atoms with van der Waals surface area (Å²) in [7, 11) is 0. The topological polar surface area (TPSA) is 32.3 Å². The maximum absolute atomic E-state index is 13.8. The molecule has 0 spiro atoms. The first-order valence-electron chi connectivity index (χ1n) is 7.65. The number of halogens is 4. The molecular formula is C16H20ClF3N2O. The molecule has 3 nitrogen and oxygen atoms in total. The summed E-state index contributed by atoms with van der Waals surface area (Å²) in [5.41, 5.74) is 0.488. The number of alkyl halides is 2. The fourth-order valence-corrected chi connectivity index (χ4v) is 3.00. The van der Waals surface area contributed by atoms with E-state index in [4.69, 9.17) is 11.6 Å². The Hall–Kier alpha value is -1.27. The molecule has 1 heterocycles. The number of benzene rings is 1. The monoisotopic (exact) mass is 348 g/mol. The molecule has 1 aliphatic heterocycles. The van der Waals surface area contributed by atoms with E-state index in [9.17, 15) is 18.0 Å². The van der Waals surface area contributed by atoms with Crippen LogP contribution >= 0.6 is 11.6 Å². The highest BCUT2D eigenvalue weighted by Gasteiger charge is 2.23. The fourth-order valence-electron chi connectivity index (χ4n) is 2.78. The molecule has 0 aliphatic carbocycles. The Balaban J connectivity index is 1.77.